The van der Waals surface area contributed by atoms with Gasteiger partial charge in [0.1, 0.15) is 5.75 Å². The summed E-state index contributed by atoms with van der Waals surface area (Å²) in [4.78, 5) is 5.74. The summed E-state index contributed by atoms with van der Waals surface area (Å²) in [5, 5.41) is 14.9. The molecule has 4 nitrogen and oxygen atoms in total. The summed E-state index contributed by atoms with van der Waals surface area (Å²) in [7, 11) is 0. The lowest BCUT2D eigenvalue weighted by molar-refractivity contribution is 0.474. The molecule has 0 aliphatic carbocycles. The molecule has 0 saturated carbocycles. The Balaban J connectivity index is 1.82. The minimum absolute atomic E-state index is 0.218. The number of hydrogen-bond donors (Lipinski definition) is 2. The molecule has 0 aliphatic rings. The van der Waals surface area contributed by atoms with Crippen molar-refractivity contribution in [2.75, 3.05) is 5.43 Å². The van der Waals surface area contributed by atoms with Crippen molar-refractivity contribution >= 4 is 22.2 Å². The predicted molar refractivity (Wildman–Crippen MR) is 96.2 cm³/mol. The van der Waals surface area contributed by atoms with Crippen LogP contribution in [-0.2, 0) is 0 Å². The van der Waals surface area contributed by atoms with Gasteiger partial charge in [0.25, 0.3) is 0 Å². The van der Waals surface area contributed by atoms with Crippen LogP contribution in [0.25, 0.3) is 11.3 Å². The second kappa shape index (κ2) is 6.62. The molecule has 2 aromatic carbocycles. The van der Waals surface area contributed by atoms with E-state index in [9.17, 15) is 5.11 Å². The van der Waals surface area contributed by atoms with E-state index in [4.69, 9.17) is 0 Å². The molecule has 0 radical (unpaired) electrons. The Bertz CT molecular complexity index is 840. The zero-order valence-corrected chi connectivity index (χ0v) is 13.8. The Kier molecular flexibility index (Phi) is 4.39. The topological polar surface area (TPSA) is 57.5 Å². The average Bonchev–Trinajstić information content (AvgIpc) is 2.95. The molecule has 1 heterocycles. The summed E-state index contributed by atoms with van der Waals surface area (Å²) >= 11 is 1.56. The number of benzene rings is 2. The minimum atomic E-state index is 0.218. The lowest BCUT2D eigenvalue weighted by atomic mass is 10.1. The van der Waals surface area contributed by atoms with Crippen LogP contribution < -0.4 is 5.43 Å². The van der Waals surface area contributed by atoms with E-state index in [1.807, 2.05) is 56.3 Å². The number of nitrogens with one attached hydrogen (secondary N) is 1. The maximum absolute atomic E-state index is 9.85. The van der Waals surface area contributed by atoms with Crippen LogP contribution in [0.4, 0.5) is 5.13 Å². The van der Waals surface area contributed by atoms with Gasteiger partial charge >= 0.3 is 0 Å². The second-order valence-electron chi connectivity index (χ2n) is 5.12. The Hall–Kier alpha value is -2.66. The van der Waals surface area contributed by atoms with Crippen molar-refractivity contribution in [2.24, 2.45) is 5.10 Å². The Morgan fingerprint density at radius 2 is 1.78 bits per heavy atom. The molecule has 0 fully saturated rings. The molecular weight excluding hydrogens is 306 g/mol. The van der Waals surface area contributed by atoms with E-state index in [1.54, 1.807) is 23.5 Å². The highest BCUT2D eigenvalue weighted by atomic mass is 32.1. The number of thiazole rings is 1. The fourth-order valence-electron chi connectivity index (χ4n) is 2.28. The van der Waals surface area contributed by atoms with E-state index in [0.717, 1.165) is 21.3 Å². The molecule has 0 atom stereocenters. The number of phenolic OH excluding ortho intramolecular Hbond substituents is 1. The third-order valence-electron chi connectivity index (χ3n) is 3.46. The van der Waals surface area contributed by atoms with E-state index in [0.29, 0.717) is 11.3 Å². The van der Waals surface area contributed by atoms with Crippen LogP contribution in [0, 0.1) is 6.92 Å². The minimum Gasteiger partial charge on any atom is -0.507 e. The SMILES string of the molecule is C/C(=N\Nc1nc(-c2ccccc2)c(C)s1)c1ccccc1O. The highest BCUT2D eigenvalue weighted by Crippen LogP contribution is 2.30. The van der Waals surface area contributed by atoms with Gasteiger partial charge in [0.2, 0.25) is 5.13 Å². The Labute approximate surface area is 139 Å². The summed E-state index contributed by atoms with van der Waals surface area (Å²) in [5.41, 5.74) is 6.46. The molecule has 0 unspecified atom stereocenters. The van der Waals surface area contributed by atoms with E-state index in [-0.39, 0.29) is 5.75 Å². The molecule has 5 heteroatoms. The average molecular weight is 323 g/mol. The normalized spacial score (nSPS) is 11.5. The number of anilines is 1. The molecule has 2 N–H and O–H groups in total. The number of aromatic hydroxyl groups is 1. The first kappa shape index (κ1) is 15.2. The standard InChI is InChI=1S/C18H17N3OS/c1-12(15-10-6-7-11-16(15)22)20-21-18-19-17(13(2)23-18)14-8-4-3-5-9-14/h3-11,22H,1-2H3,(H,19,21)/b20-12+. The molecule has 0 aliphatic heterocycles. The predicted octanol–water partition coefficient (Wildman–Crippen LogP) is 4.66. The third-order valence-corrected chi connectivity index (χ3v) is 4.33. The lowest BCUT2D eigenvalue weighted by Crippen LogP contribution is -1.99. The first-order valence-electron chi connectivity index (χ1n) is 7.26. The van der Waals surface area contributed by atoms with Gasteiger partial charge in [-0.25, -0.2) is 4.98 Å². The van der Waals surface area contributed by atoms with Gasteiger partial charge < -0.3 is 5.11 Å². The molecule has 0 spiro atoms. The highest BCUT2D eigenvalue weighted by Gasteiger charge is 2.09. The van der Waals surface area contributed by atoms with Gasteiger partial charge in [0.05, 0.1) is 11.4 Å². The molecule has 3 aromatic rings. The molecule has 1 aromatic heterocycles. The number of aryl methyl sites for hydroxylation is 1. The molecule has 0 bridgehead atoms. The van der Waals surface area contributed by atoms with Crippen molar-refractivity contribution in [1.29, 1.82) is 0 Å². The zero-order chi connectivity index (χ0) is 16.2. The number of rotatable bonds is 4. The number of para-hydroxylation sites is 1. The summed E-state index contributed by atoms with van der Waals surface area (Å²) in [6, 6.07) is 17.2. The molecule has 0 saturated heterocycles. The zero-order valence-electron chi connectivity index (χ0n) is 12.9. The van der Waals surface area contributed by atoms with Crippen molar-refractivity contribution in [1.82, 2.24) is 4.98 Å². The molecule has 116 valence electrons. The summed E-state index contributed by atoms with van der Waals surface area (Å²) in [6.07, 6.45) is 0. The maximum atomic E-state index is 9.85. The number of hydrogen-bond acceptors (Lipinski definition) is 5. The van der Waals surface area contributed by atoms with E-state index in [2.05, 4.69) is 15.5 Å². The van der Waals surface area contributed by atoms with Crippen LogP contribution in [0.5, 0.6) is 5.75 Å². The fraction of sp³-hybridized carbons (Fsp3) is 0.111. The quantitative estimate of drug-likeness (QED) is 0.542. The van der Waals surface area contributed by atoms with E-state index < -0.39 is 0 Å². The van der Waals surface area contributed by atoms with Gasteiger partial charge in [0, 0.05) is 16.0 Å². The Morgan fingerprint density at radius 3 is 2.52 bits per heavy atom. The monoisotopic (exact) mass is 323 g/mol. The van der Waals surface area contributed by atoms with Crippen molar-refractivity contribution in [3.8, 4) is 17.0 Å². The molecule has 23 heavy (non-hydrogen) atoms. The molecule has 0 amide bonds. The summed E-state index contributed by atoms with van der Waals surface area (Å²) in [5.74, 6) is 0.218. The van der Waals surface area contributed by atoms with Crippen molar-refractivity contribution in [3.63, 3.8) is 0 Å². The lowest BCUT2D eigenvalue weighted by Gasteiger charge is -2.03. The van der Waals surface area contributed by atoms with Crippen LogP contribution in [-0.4, -0.2) is 15.8 Å². The van der Waals surface area contributed by atoms with Crippen LogP contribution in [0.3, 0.4) is 0 Å². The highest BCUT2D eigenvalue weighted by molar-refractivity contribution is 7.16. The fourth-order valence-corrected chi connectivity index (χ4v) is 3.06. The third kappa shape index (κ3) is 3.40. The second-order valence-corrected chi connectivity index (χ2v) is 6.32. The Morgan fingerprint density at radius 1 is 1.09 bits per heavy atom. The maximum Gasteiger partial charge on any atom is 0.204 e. The number of aromatic nitrogens is 1. The first-order valence-corrected chi connectivity index (χ1v) is 8.08. The number of nitrogens with zero attached hydrogens (tertiary/aromatic N) is 2. The van der Waals surface area contributed by atoms with Crippen LogP contribution >= 0.6 is 11.3 Å². The number of hydrazone groups is 1. The van der Waals surface area contributed by atoms with Crippen LogP contribution in [0.2, 0.25) is 0 Å². The van der Waals surface area contributed by atoms with Gasteiger partial charge in [-0.05, 0) is 26.0 Å². The van der Waals surface area contributed by atoms with E-state index in [1.165, 1.54) is 0 Å². The smallest absolute Gasteiger partial charge is 0.204 e. The van der Waals surface area contributed by atoms with Crippen LogP contribution in [0.15, 0.2) is 59.7 Å². The summed E-state index contributed by atoms with van der Waals surface area (Å²) < 4.78 is 0. The van der Waals surface area contributed by atoms with E-state index >= 15 is 0 Å². The van der Waals surface area contributed by atoms with Gasteiger partial charge in [-0.2, -0.15) is 5.10 Å². The van der Waals surface area contributed by atoms with Crippen molar-refractivity contribution in [3.05, 3.63) is 65.0 Å². The van der Waals surface area contributed by atoms with Gasteiger partial charge in [-0.15, -0.1) is 11.3 Å². The number of phenols is 1. The van der Waals surface area contributed by atoms with Gasteiger partial charge in [-0.3, -0.25) is 5.43 Å². The van der Waals surface area contributed by atoms with Crippen LogP contribution in [0.1, 0.15) is 17.4 Å². The largest absolute Gasteiger partial charge is 0.507 e. The summed E-state index contributed by atoms with van der Waals surface area (Å²) in [6.45, 7) is 3.89. The van der Waals surface area contributed by atoms with Crippen molar-refractivity contribution < 1.29 is 5.11 Å². The van der Waals surface area contributed by atoms with Gasteiger partial charge in [-0.1, -0.05) is 42.5 Å². The molecule has 3 rings (SSSR count). The first-order chi connectivity index (χ1) is 11.1. The van der Waals surface area contributed by atoms with Crippen molar-refractivity contribution in [2.45, 2.75) is 13.8 Å². The molecular formula is C18H17N3OS. The van der Waals surface area contributed by atoms with Gasteiger partial charge in [0.15, 0.2) is 0 Å².